The van der Waals surface area contributed by atoms with Gasteiger partial charge in [-0.1, -0.05) is 44.4 Å². The van der Waals surface area contributed by atoms with Gasteiger partial charge in [0.1, 0.15) is 5.82 Å². The second-order valence-electron chi connectivity index (χ2n) is 6.27. The number of carbonyl (C=O) groups excluding carboxylic acids is 2. The molecule has 2 N–H and O–H groups in total. The summed E-state index contributed by atoms with van der Waals surface area (Å²) in [6.07, 6.45) is 2.10. The summed E-state index contributed by atoms with van der Waals surface area (Å²) in [5.41, 5.74) is 0.187. The van der Waals surface area contributed by atoms with Crippen LogP contribution in [0.5, 0.6) is 0 Å². The van der Waals surface area contributed by atoms with Crippen molar-refractivity contribution in [3.05, 3.63) is 57.0 Å². The number of thiophene rings is 1. The van der Waals surface area contributed by atoms with E-state index in [0.717, 1.165) is 23.8 Å². The first kappa shape index (κ1) is 21.4. The van der Waals surface area contributed by atoms with E-state index in [2.05, 4.69) is 24.5 Å². The number of halogens is 2. The quantitative estimate of drug-likeness (QED) is 0.614. The highest BCUT2D eigenvalue weighted by molar-refractivity contribution is 7.10. The van der Waals surface area contributed by atoms with Crippen LogP contribution in [-0.2, 0) is 4.79 Å². The van der Waals surface area contributed by atoms with Crippen LogP contribution in [0, 0.1) is 11.7 Å². The highest BCUT2D eigenvalue weighted by Gasteiger charge is 2.23. The van der Waals surface area contributed by atoms with Gasteiger partial charge in [-0.25, -0.2) is 4.39 Å². The lowest BCUT2D eigenvalue weighted by Gasteiger charge is -2.25. The zero-order valence-corrected chi connectivity index (χ0v) is 17.0. The zero-order valence-electron chi connectivity index (χ0n) is 15.4. The Morgan fingerprint density at radius 3 is 2.56 bits per heavy atom. The summed E-state index contributed by atoms with van der Waals surface area (Å²) in [6.45, 7) is 4.42. The first-order valence-corrected chi connectivity index (χ1v) is 10.3. The molecule has 0 aliphatic rings. The predicted molar refractivity (Wildman–Crippen MR) is 108 cm³/mol. The van der Waals surface area contributed by atoms with E-state index in [1.165, 1.54) is 12.1 Å². The molecule has 0 saturated carbocycles. The van der Waals surface area contributed by atoms with Crippen LogP contribution in [0.25, 0.3) is 0 Å². The van der Waals surface area contributed by atoms with Crippen molar-refractivity contribution in [2.24, 2.45) is 5.92 Å². The fourth-order valence-corrected chi connectivity index (χ4v) is 4.08. The van der Waals surface area contributed by atoms with Crippen molar-refractivity contribution in [3.63, 3.8) is 0 Å². The maximum Gasteiger partial charge on any atom is 0.252 e. The van der Waals surface area contributed by atoms with Crippen LogP contribution < -0.4 is 10.6 Å². The fraction of sp³-hybridized carbons (Fsp3) is 0.400. The molecule has 0 aliphatic carbocycles. The minimum Gasteiger partial charge on any atom is -0.351 e. The Morgan fingerprint density at radius 2 is 1.96 bits per heavy atom. The Kier molecular flexibility index (Phi) is 8.25. The number of amides is 2. The normalized spacial score (nSPS) is 12.0. The third kappa shape index (κ3) is 6.04. The van der Waals surface area contributed by atoms with Crippen molar-refractivity contribution >= 4 is 34.8 Å². The maximum absolute atomic E-state index is 13.1. The molecule has 2 aromatic rings. The summed E-state index contributed by atoms with van der Waals surface area (Å²) in [4.78, 5) is 25.6. The molecule has 0 aliphatic heterocycles. The van der Waals surface area contributed by atoms with Gasteiger partial charge in [0, 0.05) is 17.8 Å². The Morgan fingerprint density at radius 1 is 1.22 bits per heavy atom. The second-order valence-corrected chi connectivity index (χ2v) is 7.65. The summed E-state index contributed by atoms with van der Waals surface area (Å²) in [5, 5.41) is 7.80. The number of rotatable bonds is 9. The van der Waals surface area contributed by atoms with E-state index in [4.69, 9.17) is 11.6 Å². The van der Waals surface area contributed by atoms with Crippen LogP contribution >= 0.6 is 22.9 Å². The van der Waals surface area contributed by atoms with Crippen LogP contribution in [0.3, 0.4) is 0 Å². The van der Waals surface area contributed by atoms with Crippen molar-refractivity contribution < 1.29 is 14.0 Å². The van der Waals surface area contributed by atoms with Crippen molar-refractivity contribution in [3.8, 4) is 0 Å². The molecule has 0 fully saturated rings. The van der Waals surface area contributed by atoms with Gasteiger partial charge in [-0.15, -0.1) is 11.3 Å². The molecule has 1 atom stereocenters. The average molecular weight is 411 g/mol. The molecule has 0 spiro atoms. The van der Waals surface area contributed by atoms with Crippen molar-refractivity contribution in [1.29, 1.82) is 0 Å². The molecule has 0 radical (unpaired) electrons. The molecule has 0 saturated heterocycles. The van der Waals surface area contributed by atoms with Crippen LogP contribution in [0.4, 0.5) is 4.39 Å². The lowest BCUT2D eigenvalue weighted by Crippen LogP contribution is -2.35. The lowest BCUT2D eigenvalue weighted by atomic mass is 9.93. The maximum atomic E-state index is 13.1. The van der Waals surface area contributed by atoms with Crippen molar-refractivity contribution in [1.82, 2.24) is 10.6 Å². The molecule has 1 heterocycles. The number of carbonyl (C=O) groups is 2. The summed E-state index contributed by atoms with van der Waals surface area (Å²) in [5.74, 6) is -0.689. The molecular weight excluding hydrogens is 387 g/mol. The molecule has 7 heteroatoms. The minimum atomic E-state index is -0.503. The predicted octanol–water partition coefficient (Wildman–Crippen LogP) is 4.95. The van der Waals surface area contributed by atoms with Gasteiger partial charge in [-0.3, -0.25) is 9.59 Å². The van der Waals surface area contributed by atoms with E-state index in [0.29, 0.717) is 5.92 Å². The Labute approximate surface area is 168 Å². The number of nitrogens with one attached hydrogen (secondary N) is 2. The molecule has 1 aromatic heterocycles. The summed E-state index contributed by atoms with van der Waals surface area (Å²) >= 11 is 7.51. The van der Waals surface area contributed by atoms with Gasteiger partial charge in [0.05, 0.1) is 16.6 Å². The molecule has 27 heavy (non-hydrogen) atoms. The topological polar surface area (TPSA) is 58.2 Å². The monoisotopic (exact) mass is 410 g/mol. The van der Waals surface area contributed by atoms with Crippen molar-refractivity contribution in [2.45, 2.75) is 39.2 Å². The first-order valence-electron chi connectivity index (χ1n) is 9.02. The van der Waals surface area contributed by atoms with E-state index in [-0.39, 0.29) is 35.5 Å². The lowest BCUT2D eigenvalue weighted by molar-refractivity contribution is -0.122. The number of hydrogen-bond donors (Lipinski definition) is 2. The van der Waals surface area contributed by atoms with E-state index in [1.807, 2.05) is 17.5 Å². The van der Waals surface area contributed by atoms with Gasteiger partial charge in [-0.05, 0) is 35.6 Å². The zero-order chi connectivity index (χ0) is 19.8. The highest BCUT2D eigenvalue weighted by Crippen LogP contribution is 2.30. The minimum absolute atomic E-state index is 0.0188. The average Bonchev–Trinajstić information content (AvgIpc) is 3.16. The first-order chi connectivity index (χ1) is 13.0. The van der Waals surface area contributed by atoms with Gasteiger partial charge in [0.15, 0.2) is 0 Å². The summed E-state index contributed by atoms with van der Waals surface area (Å²) in [7, 11) is 0. The van der Waals surface area contributed by atoms with E-state index in [1.54, 1.807) is 11.3 Å². The van der Waals surface area contributed by atoms with E-state index >= 15 is 0 Å². The Balaban J connectivity index is 1.89. The fourth-order valence-electron chi connectivity index (χ4n) is 2.95. The standard InChI is InChI=1S/C20H24ClFN2O2S/c1-3-13(4-2)19(17-6-5-11-27-17)24-18(25)9-10-23-20(26)15-8-7-14(22)12-16(15)21/h5-8,11-13,19H,3-4,9-10H2,1-2H3,(H,23,26)(H,24,25). The van der Waals surface area contributed by atoms with E-state index in [9.17, 15) is 14.0 Å². The largest absolute Gasteiger partial charge is 0.351 e. The smallest absolute Gasteiger partial charge is 0.252 e. The van der Waals surface area contributed by atoms with Crippen LogP contribution in [0.2, 0.25) is 5.02 Å². The van der Waals surface area contributed by atoms with Gasteiger partial charge in [0.2, 0.25) is 5.91 Å². The van der Waals surface area contributed by atoms with Crippen LogP contribution in [0.1, 0.15) is 54.4 Å². The summed E-state index contributed by atoms with van der Waals surface area (Å²) in [6, 6.07) is 7.59. The molecule has 0 bridgehead atoms. The van der Waals surface area contributed by atoms with Gasteiger partial charge in [0.25, 0.3) is 5.91 Å². The van der Waals surface area contributed by atoms with E-state index < -0.39 is 11.7 Å². The van der Waals surface area contributed by atoms with Crippen LogP contribution in [0.15, 0.2) is 35.7 Å². The Bertz CT molecular complexity index is 763. The molecule has 1 unspecified atom stereocenters. The highest BCUT2D eigenvalue weighted by atomic mass is 35.5. The molecule has 146 valence electrons. The summed E-state index contributed by atoms with van der Waals surface area (Å²) < 4.78 is 13.1. The SMILES string of the molecule is CCC(CC)C(NC(=O)CCNC(=O)c1ccc(F)cc1Cl)c1cccs1. The molecule has 2 rings (SSSR count). The Hall–Kier alpha value is -1.92. The van der Waals surface area contributed by atoms with Crippen LogP contribution in [-0.4, -0.2) is 18.4 Å². The third-order valence-electron chi connectivity index (χ3n) is 4.50. The van der Waals surface area contributed by atoms with Crippen molar-refractivity contribution in [2.75, 3.05) is 6.54 Å². The number of benzene rings is 1. The third-order valence-corrected chi connectivity index (χ3v) is 5.77. The van der Waals surface area contributed by atoms with Gasteiger partial charge in [-0.2, -0.15) is 0 Å². The molecule has 1 aromatic carbocycles. The molecular formula is C20H24ClFN2O2S. The second kappa shape index (κ2) is 10.4. The molecule has 2 amide bonds. The molecule has 4 nitrogen and oxygen atoms in total. The van der Waals surface area contributed by atoms with Gasteiger partial charge < -0.3 is 10.6 Å². The van der Waals surface area contributed by atoms with Gasteiger partial charge >= 0.3 is 0 Å². The number of hydrogen-bond acceptors (Lipinski definition) is 3.